The zero-order valence-electron chi connectivity index (χ0n) is 14.9. The first-order chi connectivity index (χ1) is 13.1. The summed E-state index contributed by atoms with van der Waals surface area (Å²) in [5.74, 6) is 0.341. The average Bonchev–Trinajstić information content (AvgIpc) is 3.36. The molecule has 1 amide bonds. The van der Waals surface area contributed by atoms with Gasteiger partial charge in [0, 0.05) is 5.69 Å². The number of furan rings is 1. The van der Waals surface area contributed by atoms with E-state index < -0.39 is 5.97 Å². The number of thiophene rings is 1. The van der Waals surface area contributed by atoms with Crippen molar-refractivity contribution in [3.05, 3.63) is 76.4 Å². The van der Waals surface area contributed by atoms with Crippen molar-refractivity contribution >= 4 is 28.9 Å². The molecule has 3 rings (SSSR count). The molecule has 0 saturated carbocycles. The number of anilines is 1. The fraction of sp³-hybridized carbons (Fsp3) is 0.200. The lowest BCUT2D eigenvalue weighted by Crippen LogP contribution is -3.10. The highest BCUT2D eigenvalue weighted by Gasteiger charge is 2.18. The van der Waals surface area contributed by atoms with Crippen LogP contribution in [0.25, 0.3) is 0 Å². The lowest BCUT2D eigenvalue weighted by Gasteiger charge is -2.17. The summed E-state index contributed by atoms with van der Waals surface area (Å²) in [6.45, 7) is 1.67. The van der Waals surface area contributed by atoms with Gasteiger partial charge in [0.15, 0.2) is 12.3 Å². The molecule has 2 heterocycles. The highest BCUT2D eigenvalue weighted by Crippen LogP contribution is 2.10. The van der Waals surface area contributed by atoms with Gasteiger partial charge in [0.2, 0.25) is 0 Å². The molecule has 1 atom stereocenters. The Labute approximate surface area is 161 Å². The van der Waals surface area contributed by atoms with E-state index in [-0.39, 0.29) is 5.91 Å². The number of amides is 1. The molecule has 0 aliphatic rings. The van der Waals surface area contributed by atoms with Crippen molar-refractivity contribution in [2.75, 3.05) is 19.0 Å². The molecule has 0 bridgehead atoms. The minimum absolute atomic E-state index is 0.0982. The van der Waals surface area contributed by atoms with Gasteiger partial charge in [-0.2, -0.15) is 0 Å². The van der Waals surface area contributed by atoms with Crippen LogP contribution in [-0.4, -0.2) is 25.5 Å². The highest BCUT2D eigenvalue weighted by atomic mass is 32.1. The van der Waals surface area contributed by atoms with E-state index in [2.05, 4.69) is 16.1 Å². The third kappa shape index (κ3) is 5.54. The fourth-order valence-corrected chi connectivity index (χ4v) is 3.52. The van der Waals surface area contributed by atoms with E-state index in [1.807, 2.05) is 23.6 Å². The molecule has 0 radical (unpaired) electrons. The van der Waals surface area contributed by atoms with Gasteiger partial charge in [-0.3, -0.25) is 4.79 Å². The normalized spacial score (nSPS) is 11.7. The number of benzene rings is 1. The fourth-order valence-electron chi connectivity index (χ4n) is 2.75. The molecule has 0 fully saturated rings. The molecule has 1 aromatic carbocycles. The number of carbonyl (C=O) groups excluding carboxylic acids is 2. The lowest BCUT2D eigenvalue weighted by molar-refractivity contribution is -0.920. The molecule has 27 heavy (non-hydrogen) atoms. The van der Waals surface area contributed by atoms with Crippen molar-refractivity contribution in [2.24, 2.45) is 0 Å². The summed E-state index contributed by atoms with van der Waals surface area (Å²) in [4.78, 5) is 26.3. The minimum atomic E-state index is -0.405. The summed E-state index contributed by atoms with van der Waals surface area (Å²) in [5, 5.41) is 4.91. The van der Waals surface area contributed by atoms with Gasteiger partial charge < -0.3 is 19.4 Å². The van der Waals surface area contributed by atoms with Gasteiger partial charge >= 0.3 is 5.97 Å². The van der Waals surface area contributed by atoms with Gasteiger partial charge in [-0.1, -0.05) is 6.07 Å². The van der Waals surface area contributed by atoms with Crippen LogP contribution in [0.4, 0.5) is 5.69 Å². The van der Waals surface area contributed by atoms with E-state index in [1.54, 1.807) is 41.9 Å². The second-order valence-electron chi connectivity index (χ2n) is 6.06. The van der Waals surface area contributed by atoms with Gasteiger partial charge in [0.1, 0.15) is 13.1 Å². The summed E-state index contributed by atoms with van der Waals surface area (Å²) < 4.78 is 10.1. The molecule has 6 nitrogen and oxygen atoms in total. The number of esters is 1. The number of rotatable bonds is 8. The molecule has 3 aromatic rings. The van der Waals surface area contributed by atoms with Gasteiger partial charge in [0.25, 0.3) is 5.91 Å². The largest absolute Gasteiger partial charge is 0.465 e. The Morgan fingerprint density at radius 2 is 1.93 bits per heavy atom. The third-order valence-corrected chi connectivity index (χ3v) is 4.89. The van der Waals surface area contributed by atoms with E-state index in [9.17, 15) is 9.59 Å². The summed E-state index contributed by atoms with van der Waals surface area (Å²) in [6.07, 6.45) is 1.64. The Balaban J connectivity index is 1.62. The molecule has 0 spiro atoms. The van der Waals surface area contributed by atoms with Crippen molar-refractivity contribution in [3.8, 4) is 0 Å². The summed E-state index contributed by atoms with van der Waals surface area (Å²) >= 11 is 1.67. The molecule has 140 valence electrons. The van der Waals surface area contributed by atoms with E-state index in [4.69, 9.17) is 4.42 Å². The first-order valence-corrected chi connectivity index (χ1v) is 9.38. The third-order valence-electron chi connectivity index (χ3n) is 4.01. The first-order valence-electron chi connectivity index (χ1n) is 8.50. The van der Waals surface area contributed by atoms with Crippen LogP contribution in [-0.2, 0) is 22.6 Å². The Morgan fingerprint density at radius 1 is 1.11 bits per heavy atom. The summed E-state index contributed by atoms with van der Waals surface area (Å²) in [5.41, 5.74) is 1.08. The number of nitrogens with one attached hydrogen (secondary N) is 2. The maximum absolute atomic E-state index is 12.5. The van der Waals surface area contributed by atoms with Gasteiger partial charge in [-0.15, -0.1) is 11.3 Å². The standard InChI is InChI=1S/C20H20N2O4S/c1-25-20(24)15-6-8-16(9-7-15)21-19(23)14-22(12-17-4-2-10-26-17)13-18-5-3-11-27-18/h2-11H,12-14H2,1H3,(H,21,23)/p+1. The quantitative estimate of drug-likeness (QED) is 0.584. The summed E-state index contributed by atoms with van der Waals surface area (Å²) in [7, 11) is 1.34. The number of hydrogen-bond donors (Lipinski definition) is 2. The Morgan fingerprint density at radius 3 is 2.56 bits per heavy atom. The smallest absolute Gasteiger partial charge is 0.337 e. The van der Waals surface area contributed by atoms with Crippen molar-refractivity contribution in [1.82, 2.24) is 0 Å². The van der Waals surface area contributed by atoms with Crippen molar-refractivity contribution < 1.29 is 23.6 Å². The van der Waals surface area contributed by atoms with E-state index in [0.29, 0.717) is 24.3 Å². The Kier molecular flexibility index (Phi) is 6.40. The van der Waals surface area contributed by atoms with Gasteiger partial charge in [0.05, 0.1) is 23.8 Å². The monoisotopic (exact) mass is 385 g/mol. The van der Waals surface area contributed by atoms with Gasteiger partial charge in [-0.25, -0.2) is 4.79 Å². The maximum Gasteiger partial charge on any atom is 0.337 e. The molecule has 0 aliphatic heterocycles. The molecule has 2 N–H and O–H groups in total. The van der Waals surface area contributed by atoms with E-state index in [1.165, 1.54) is 12.0 Å². The second-order valence-corrected chi connectivity index (χ2v) is 7.09. The summed E-state index contributed by atoms with van der Waals surface area (Å²) in [6, 6.07) is 14.5. The zero-order valence-corrected chi connectivity index (χ0v) is 15.8. The number of methoxy groups -OCH3 is 1. The zero-order chi connectivity index (χ0) is 19.1. The van der Waals surface area contributed by atoms with Crippen LogP contribution >= 0.6 is 11.3 Å². The van der Waals surface area contributed by atoms with Crippen LogP contribution < -0.4 is 10.2 Å². The topological polar surface area (TPSA) is 73.0 Å². The van der Waals surface area contributed by atoms with Gasteiger partial charge in [-0.05, 0) is 47.8 Å². The average molecular weight is 385 g/mol. The Bertz CT molecular complexity index is 822. The number of hydrogen-bond acceptors (Lipinski definition) is 5. The van der Waals surface area contributed by atoms with Crippen LogP contribution in [0.2, 0.25) is 0 Å². The number of ether oxygens (including phenoxy) is 1. The van der Waals surface area contributed by atoms with Crippen molar-refractivity contribution in [2.45, 2.75) is 13.1 Å². The van der Waals surface area contributed by atoms with Crippen LogP contribution in [0, 0.1) is 0 Å². The SMILES string of the molecule is COC(=O)c1ccc(NC(=O)C[NH+](Cc2ccco2)Cc2cccs2)cc1. The predicted molar refractivity (Wildman–Crippen MR) is 103 cm³/mol. The number of carbonyl (C=O) groups is 2. The molecule has 0 aliphatic carbocycles. The van der Waals surface area contributed by atoms with Crippen LogP contribution in [0.3, 0.4) is 0 Å². The first kappa shape index (κ1) is 18.9. The van der Waals surface area contributed by atoms with Crippen LogP contribution in [0.1, 0.15) is 21.0 Å². The maximum atomic E-state index is 12.5. The minimum Gasteiger partial charge on any atom is -0.465 e. The molecule has 0 saturated heterocycles. The predicted octanol–water partition coefficient (Wildman–Crippen LogP) is 2.35. The number of quaternary nitrogens is 1. The van der Waals surface area contributed by atoms with E-state index in [0.717, 1.165) is 17.2 Å². The van der Waals surface area contributed by atoms with Crippen LogP contribution in [0.15, 0.2) is 64.6 Å². The molecule has 2 aromatic heterocycles. The Hall–Kier alpha value is -2.90. The van der Waals surface area contributed by atoms with Crippen LogP contribution in [0.5, 0.6) is 0 Å². The van der Waals surface area contributed by atoms with Crippen molar-refractivity contribution in [3.63, 3.8) is 0 Å². The lowest BCUT2D eigenvalue weighted by atomic mass is 10.2. The second kappa shape index (κ2) is 9.16. The molecule has 1 unspecified atom stereocenters. The van der Waals surface area contributed by atoms with E-state index >= 15 is 0 Å². The molecular formula is C20H21N2O4S+. The highest BCUT2D eigenvalue weighted by molar-refractivity contribution is 7.09. The molecular weight excluding hydrogens is 364 g/mol. The molecule has 7 heteroatoms. The van der Waals surface area contributed by atoms with Crippen molar-refractivity contribution in [1.29, 1.82) is 0 Å².